The van der Waals surface area contributed by atoms with E-state index in [9.17, 15) is 19.7 Å². The number of rotatable bonds is 8. The number of amides is 1. The van der Waals surface area contributed by atoms with Crippen LogP contribution in [0.3, 0.4) is 0 Å². The minimum absolute atomic E-state index is 0.0282. The highest BCUT2D eigenvalue weighted by Gasteiger charge is 2.22. The normalized spacial score (nSPS) is 11.3. The molecule has 0 saturated heterocycles. The predicted molar refractivity (Wildman–Crippen MR) is 108 cm³/mol. The van der Waals surface area contributed by atoms with Crippen molar-refractivity contribution >= 4 is 35.0 Å². The summed E-state index contributed by atoms with van der Waals surface area (Å²) in [6.07, 6.45) is 0. The zero-order valence-electron chi connectivity index (χ0n) is 16.3. The molecule has 0 bridgehead atoms. The van der Waals surface area contributed by atoms with Gasteiger partial charge in [-0.05, 0) is 19.1 Å². The van der Waals surface area contributed by atoms with Crippen LogP contribution in [0.1, 0.15) is 17.3 Å². The van der Waals surface area contributed by atoms with Gasteiger partial charge in [-0.15, -0.1) is 11.8 Å². The Labute approximate surface area is 171 Å². The first kappa shape index (κ1) is 22.0. The molecular weight excluding hydrogens is 400 g/mol. The molecule has 9 nitrogen and oxygen atoms in total. The lowest BCUT2D eigenvalue weighted by Gasteiger charge is -2.16. The summed E-state index contributed by atoms with van der Waals surface area (Å²) < 4.78 is 15.2. The van der Waals surface area contributed by atoms with E-state index < -0.39 is 16.1 Å². The Morgan fingerprint density at radius 3 is 2.17 bits per heavy atom. The van der Waals surface area contributed by atoms with E-state index in [2.05, 4.69) is 5.32 Å². The van der Waals surface area contributed by atoms with Crippen LogP contribution in [0.25, 0.3) is 0 Å². The van der Waals surface area contributed by atoms with Gasteiger partial charge < -0.3 is 19.5 Å². The Balaban J connectivity index is 2.21. The lowest BCUT2D eigenvalue weighted by Crippen LogP contribution is -2.24. The molecule has 2 rings (SSSR count). The van der Waals surface area contributed by atoms with Gasteiger partial charge in [0.15, 0.2) is 11.5 Å². The van der Waals surface area contributed by atoms with Crippen LogP contribution in [-0.4, -0.2) is 43.4 Å². The smallest absolute Gasteiger partial charge is 0.340 e. The van der Waals surface area contributed by atoms with Crippen LogP contribution in [0, 0.1) is 10.1 Å². The second-order valence-electron chi connectivity index (χ2n) is 5.74. The third-order valence-corrected chi connectivity index (χ3v) is 5.03. The molecule has 2 aromatic rings. The molecule has 0 radical (unpaired) electrons. The molecule has 0 fully saturated rings. The Bertz CT molecular complexity index is 916. The van der Waals surface area contributed by atoms with Crippen molar-refractivity contribution in [2.24, 2.45) is 0 Å². The van der Waals surface area contributed by atoms with Crippen LogP contribution in [0.5, 0.6) is 11.5 Å². The standard InChI is InChI=1S/C19H20N2O7S/c1-11(29-13-7-5-12(6-8-13)21(24)25)18(22)20-15-10-17(27-3)16(26-2)9-14(15)19(23)28-4/h5-11H,1-4H3,(H,20,22). The van der Waals surface area contributed by atoms with Crippen molar-refractivity contribution in [1.82, 2.24) is 0 Å². The molecule has 154 valence electrons. The van der Waals surface area contributed by atoms with Gasteiger partial charge >= 0.3 is 5.97 Å². The lowest BCUT2D eigenvalue weighted by molar-refractivity contribution is -0.384. The number of anilines is 1. The Morgan fingerprint density at radius 1 is 1.07 bits per heavy atom. The average molecular weight is 420 g/mol. The Hall–Kier alpha value is -3.27. The maximum atomic E-state index is 12.6. The largest absolute Gasteiger partial charge is 0.493 e. The van der Waals surface area contributed by atoms with Crippen molar-refractivity contribution in [3.8, 4) is 11.5 Å². The molecule has 29 heavy (non-hydrogen) atoms. The summed E-state index contributed by atoms with van der Waals surface area (Å²) in [5.41, 5.74) is 0.307. The van der Waals surface area contributed by atoms with E-state index in [0.29, 0.717) is 16.4 Å². The SMILES string of the molecule is COC(=O)c1cc(OC)c(OC)cc1NC(=O)C(C)Sc1ccc([N+](=O)[O-])cc1. The molecule has 0 spiro atoms. The first-order valence-electron chi connectivity index (χ1n) is 8.37. The van der Waals surface area contributed by atoms with Gasteiger partial charge in [-0.3, -0.25) is 14.9 Å². The van der Waals surface area contributed by atoms with Crippen molar-refractivity contribution in [1.29, 1.82) is 0 Å². The number of nitro groups is 1. The number of carbonyl (C=O) groups excluding carboxylic acids is 2. The monoisotopic (exact) mass is 420 g/mol. The average Bonchev–Trinajstić information content (AvgIpc) is 2.72. The van der Waals surface area contributed by atoms with Crippen molar-refractivity contribution in [2.45, 2.75) is 17.1 Å². The topological polar surface area (TPSA) is 117 Å². The van der Waals surface area contributed by atoms with Gasteiger partial charge in [-0.1, -0.05) is 0 Å². The number of nitro benzene ring substituents is 1. The van der Waals surface area contributed by atoms with Gasteiger partial charge in [0.05, 0.1) is 42.8 Å². The highest BCUT2D eigenvalue weighted by atomic mass is 32.2. The number of methoxy groups -OCH3 is 3. The summed E-state index contributed by atoms with van der Waals surface area (Å²) in [5, 5.41) is 12.9. The summed E-state index contributed by atoms with van der Waals surface area (Å²) in [7, 11) is 4.10. The van der Waals surface area contributed by atoms with Crippen LogP contribution >= 0.6 is 11.8 Å². The number of esters is 1. The van der Waals surface area contributed by atoms with Crippen LogP contribution in [0.15, 0.2) is 41.3 Å². The second-order valence-corrected chi connectivity index (χ2v) is 7.16. The minimum atomic E-state index is -0.642. The number of benzene rings is 2. The fraction of sp³-hybridized carbons (Fsp3) is 0.263. The van der Waals surface area contributed by atoms with Crippen molar-refractivity contribution in [3.63, 3.8) is 0 Å². The van der Waals surface area contributed by atoms with E-state index >= 15 is 0 Å². The first-order chi connectivity index (χ1) is 13.8. The van der Waals surface area contributed by atoms with Crippen LogP contribution < -0.4 is 14.8 Å². The number of thioether (sulfide) groups is 1. The maximum absolute atomic E-state index is 12.6. The third kappa shape index (κ3) is 5.38. The van der Waals surface area contributed by atoms with E-state index in [1.807, 2.05) is 0 Å². The molecule has 1 atom stereocenters. The zero-order chi connectivity index (χ0) is 21.6. The number of nitrogens with one attached hydrogen (secondary N) is 1. The van der Waals surface area contributed by atoms with Crippen molar-refractivity contribution in [3.05, 3.63) is 52.1 Å². The summed E-state index contributed by atoms with van der Waals surface area (Å²) in [6, 6.07) is 8.79. The molecule has 0 aliphatic heterocycles. The molecule has 0 aliphatic rings. The van der Waals surface area contributed by atoms with Gasteiger partial charge in [0.2, 0.25) is 5.91 Å². The van der Waals surface area contributed by atoms with Crippen LogP contribution in [-0.2, 0) is 9.53 Å². The third-order valence-electron chi connectivity index (χ3n) is 3.92. The highest BCUT2D eigenvalue weighted by molar-refractivity contribution is 8.00. The summed E-state index contributed by atoms with van der Waals surface area (Å²) in [4.78, 5) is 35.7. The van der Waals surface area contributed by atoms with Gasteiger partial charge in [-0.2, -0.15) is 0 Å². The summed E-state index contributed by atoms with van der Waals surface area (Å²) in [6.45, 7) is 1.68. The summed E-state index contributed by atoms with van der Waals surface area (Å²) >= 11 is 1.22. The molecule has 1 unspecified atom stereocenters. The van der Waals surface area contributed by atoms with E-state index in [-0.39, 0.29) is 22.8 Å². The fourth-order valence-electron chi connectivity index (χ4n) is 2.40. The summed E-state index contributed by atoms with van der Waals surface area (Å²) in [5.74, 6) is -0.354. The van der Waals surface area contributed by atoms with E-state index in [1.54, 1.807) is 19.1 Å². The molecule has 2 aromatic carbocycles. The Kier molecular flexibility index (Phi) is 7.43. The highest BCUT2D eigenvalue weighted by Crippen LogP contribution is 2.34. The molecule has 0 aliphatic carbocycles. The van der Waals surface area contributed by atoms with E-state index in [1.165, 1.54) is 57.4 Å². The lowest BCUT2D eigenvalue weighted by atomic mass is 10.1. The van der Waals surface area contributed by atoms with Crippen molar-refractivity contribution < 1.29 is 28.7 Å². The number of non-ortho nitro benzene ring substituents is 1. The fourth-order valence-corrected chi connectivity index (χ4v) is 3.27. The number of hydrogen-bond acceptors (Lipinski definition) is 8. The Morgan fingerprint density at radius 2 is 1.66 bits per heavy atom. The number of nitrogens with zero attached hydrogens (tertiary/aromatic N) is 1. The van der Waals surface area contributed by atoms with E-state index in [4.69, 9.17) is 14.2 Å². The van der Waals surface area contributed by atoms with Gasteiger partial charge in [0.25, 0.3) is 5.69 Å². The molecule has 0 saturated carbocycles. The minimum Gasteiger partial charge on any atom is -0.493 e. The van der Waals surface area contributed by atoms with Crippen LogP contribution in [0.4, 0.5) is 11.4 Å². The number of ether oxygens (including phenoxy) is 3. The second kappa shape index (κ2) is 9.78. The van der Waals surface area contributed by atoms with Crippen LogP contribution in [0.2, 0.25) is 0 Å². The van der Waals surface area contributed by atoms with E-state index in [0.717, 1.165) is 0 Å². The molecule has 1 N–H and O–H groups in total. The van der Waals surface area contributed by atoms with Gasteiger partial charge in [0, 0.05) is 29.2 Å². The van der Waals surface area contributed by atoms with Crippen molar-refractivity contribution in [2.75, 3.05) is 26.6 Å². The molecule has 0 heterocycles. The molecular formula is C19H20N2O7S. The first-order valence-corrected chi connectivity index (χ1v) is 9.25. The zero-order valence-corrected chi connectivity index (χ0v) is 17.1. The molecule has 10 heteroatoms. The quantitative estimate of drug-likeness (QED) is 0.298. The number of carbonyl (C=O) groups is 2. The van der Waals surface area contributed by atoms with Gasteiger partial charge in [-0.25, -0.2) is 4.79 Å². The molecule has 0 aromatic heterocycles. The predicted octanol–water partition coefficient (Wildman–Crippen LogP) is 3.52. The maximum Gasteiger partial charge on any atom is 0.340 e. The molecule has 1 amide bonds. The van der Waals surface area contributed by atoms with Gasteiger partial charge in [0.1, 0.15) is 0 Å². The number of hydrogen-bond donors (Lipinski definition) is 1.